The maximum Gasteiger partial charge on any atom is 0.259 e. The van der Waals surface area contributed by atoms with E-state index >= 15 is 0 Å². The molecular formula is C20H16N6O2S. The number of thiazole rings is 1. The van der Waals surface area contributed by atoms with Crippen LogP contribution in [-0.4, -0.2) is 31.6 Å². The second kappa shape index (κ2) is 8.03. The molecule has 8 nitrogen and oxygen atoms in total. The van der Waals surface area contributed by atoms with E-state index in [9.17, 15) is 9.59 Å². The first kappa shape index (κ1) is 18.5. The predicted octanol–water partition coefficient (Wildman–Crippen LogP) is 3.54. The molecule has 0 aliphatic heterocycles. The summed E-state index contributed by atoms with van der Waals surface area (Å²) in [5, 5.41) is 12.1. The number of nitrogens with one attached hydrogen (secondary N) is 2. The first-order valence-electron chi connectivity index (χ1n) is 8.70. The summed E-state index contributed by atoms with van der Waals surface area (Å²) in [7, 11) is 0. The number of carbonyl (C=O) groups is 2. The summed E-state index contributed by atoms with van der Waals surface area (Å²) in [6.45, 7) is 1.81. The van der Waals surface area contributed by atoms with Gasteiger partial charge in [-0.3, -0.25) is 14.9 Å². The van der Waals surface area contributed by atoms with Gasteiger partial charge in [-0.2, -0.15) is 5.10 Å². The van der Waals surface area contributed by atoms with Crippen molar-refractivity contribution in [2.24, 2.45) is 0 Å². The summed E-state index contributed by atoms with van der Waals surface area (Å²) in [5.41, 5.74) is 2.17. The van der Waals surface area contributed by atoms with Crippen LogP contribution in [0.1, 0.15) is 26.4 Å². The van der Waals surface area contributed by atoms with Crippen molar-refractivity contribution in [2.75, 3.05) is 10.6 Å². The fourth-order valence-electron chi connectivity index (χ4n) is 2.70. The molecule has 0 saturated carbocycles. The number of hydrogen-bond acceptors (Lipinski definition) is 6. The lowest BCUT2D eigenvalue weighted by molar-refractivity contribution is 0.101. The molecule has 144 valence electrons. The summed E-state index contributed by atoms with van der Waals surface area (Å²) in [5.74, 6) is 0.0922. The molecule has 0 radical (unpaired) electrons. The average Bonchev–Trinajstić information content (AvgIpc) is 3.38. The van der Waals surface area contributed by atoms with Gasteiger partial charge in [0.2, 0.25) is 0 Å². The molecule has 0 bridgehead atoms. The quantitative estimate of drug-likeness (QED) is 0.530. The second-order valence-corrected chi connectivity index (χ2v) is 6.96. The first-order chi connectivity index (χ1) is 14.1. The van der Waals surface area contributed by atoms with Crippen molar-refractivity contribution < 1.29 is 9.59 Å². The van der Waals surface area contributed by atoms with Crippen LogP contribution in [0.2, 0.25) is 0 Å². The van der Waals surface area contributed by atoms with Crippen LogP contribution in [0.25, 0.3) is 5.82 Å². The minimum absolute atomic E-state index is 0.259. The molecule has 0 atom stereocenters. The Morgan fingerprint density at radius 3 is 2.48 bits per heavy atom. The van der Waals surface area contributed by atoms with E-state index in [1.54, 1.807) is 46.7 Å². The maximum atomic E-state index is 12.6. The maximum absolute atomic E-state index is 12.6. The molecule has 0 spiro atoms. The van der Waals surface area contributed by atoms with E-state index in [2.05, 4.69) is 25.7 Å². The van der Waals surface area contributed by atoms with Crippen LogP contribution in [0, 0.1) is 6.92 Å². The molecule has 1 aromatic carbocycles. The number of nitrogens with zero attached hydrogens (tertiary/aromatic N) is 4. The van der Waals surface area contributed by atoms with E-state index in [1.165, 1.54) is 17.5 Å². The Hall–Kier alpha value is -3.85. The molecule has 2 N–H and O–H groups in total. The Kier molecular flexibility index (Phi) is 5.12. The van der Waals surface area contributed by atoms with Crippen LogP contribution in [0.3, 0.4) is 0 Å². The van der Waals surface area contributed by atoms with Crippen molar-refractivity contribution in [3.63, 3.8) is 0 Å². The van der Waals surface area contributed by atoms with Crippen molar-refractivity contribution in [2.45, 2.75) is 6.92 Å². The Morgan fingerprint density at radius 2 is 1.79 bits per heavy atom. The number of rotatable bonds is 5. The minimum Gasteiger partial charge on any atom is -0.322 e. The molecule has 29 heavy (non-hydrogen) atoms. The van der Waals surface area contributed by atoms with Crippen molar-refractivity contribution in [1.82, 2.24) is 19.7 Å². The third-order valence-electron chi connectivity index (χ3n) is 4.18. The number of aromatic nitrogens is 4. The Labute approximate surface area is 170 Å². The van der Waals surface area contributed by atoms with Crippen LogP contribution >= 0.6 is 11.3 Å². The zero-order valence-electron chi connectivity index (χ0n) is 15.4. The zero-order valence-corrected chi connectivity index (χ0v) is 16.2. The van der Waals surface area contributed by atoms with Gasteiger partial charge in [0, 0.05) is 29.0 Å². The van der Waals surface area contributed by atoms with Crippen LogP contribution in [0.15, 0.2) is 66.4 Å². The molecule has 9 heteroatoms. The molecule has 0 unspecified atom stereocenters. The van der Waals surface area contributed by atoms with Gasteiger partial charge in [0.05, 0.1) is 17.5 Å². The highest BCUT2D eigenvalue weighted by Gasteiger charge is 2.16. The monoisotopic (exact) mass is 404 g/mol. The number of hydrogen-bond donors (Lipinski definition) is 2. The van der Waals surface area contributed by atoms with Gasteiger partial charge in [-0.1, -0.05) is 6.07 Å². The van der Waals surface area contributed by atoms with Crippen LogP contribution in [0.5, 0.6) is 0 Å². The van der Waals surface area contributed by atoms with Crippen molar-refractivity contribution in [3.05, 3.63) is 83.3 Å². The Bertz CT molecular complexity index is 1140. The molecule has 0 aliphatic rings. The van der Waals surface area contributed by atoms with Crippen LogP contribution in [-0.2, 0) is 0 Å². The van der Waals surface area contributed by atoms with E-state index in [-0.39, 0.29) is 11.8 Å². The molecule has 0 saturated heterocycles. The number of benzene rings is 1. The highest BCUT2D eigenvalue weighted by atomic mass is 32.1. The second-order valence-electron chi connectivity index (χ2n) is 6.07. The molecule has 0 fully saturated rings. The summed E-state index contributed by atoms with van der Waals surface area (Å²) in [6.07, 6.45) is 4.80. The fourth-order valence-corrected chi connectivity index (χ4v) is 3.22. The van der Waals surface area contributed by atoms with Gasteiger partial charge < -0.3 is 5.32 Å². The Balaban J connectivity index is 1.45. The van der Waals surface area contributed by atoms with Gasteiger partial charge in [-0.25, -0.2) is 14.6 Å². The van der Waals surface area contributed by atoms with Crippen molar-refractivity contribution in [1.29, 1.82) is 0 Å². The van der Waals surface area contributed by atoms with Gasteiger partial charge in [-0.15, -0.1) is 11.3 Å². The number of amides is 2. The summed E-state index contributed by atoms with van der Waals surface area (Å²) >= 11 is 1.34. The predicted molar refractivity (Wildman–Crippen MR) is 111 cm³/mol. The lowest BCUT2D eigenvalue weighted by atomic mass is 10.2. The van der Waals surface area contributed by atoms with Gasteiger partial charge in [0.1, 0.15) is 0 Å². The van der Waals surface area contributed by atoms with Crippen molar-refractivity contribution in [3.8, 4) is 5.82 Å². The van der Waals surface area contributed by atoms with Crippen LogP contribution in [0.4, 0.5) is 10.8 Å². The highest BCUT2D eigenvalue weighted by Crippen LogP contribution is 2.17. The molecule has 3 aromatic heterocycles. The minimum atomic E-state index is -0.287. The highest BCUT2D eigenvalue weighted by molar-refractivity contribution is 7.13. The summed E-state index contributed by atoms with van der Waals surface area (Å²) < 4.78 is 1.61. The van der Waals surface area contributed by atoms with Gasteiger partial charge >= 0.3 is 0 Å². The molecule has 3 heterocycles. The SMILES string of the molecule is Cc1c(C(=O)Nc2ccc(C(=O)Nc3nccs3)cc2)cnn1-c1ccccn1. The number of anilines is 2. The third kappa shape index (κ3) is 4.04. The lowest BCUT2D eigenvalue weighted by Crippen LogP contribution is -2.14. The van der Waals surface area contributed by atoms with Crippen molar-refractivity contribution >= 4 is 34.0 Å². The number of pyridine rings is 1. The van der Waals surface area contributed by atoms with Gasteiger partial charge in [-0.05, 0) is 43.3 Å². The van der Waals surface area contributed by atoms with Gasteiger partial charge in [0.15, 0.2) is 10.9 Å². The van der Waals surface area contributed by atoms with E-state index in [0.29, 0.717) is 33.5 Å². The molecular weight excluding hydrogens is 388 g/mol. The standard InChI is InChI=1S/C20H16N6O2S/c1-13-16(12-23-26(13)17-4-2-3-9-21-17)19(28)24-15-7-5-14(6-8-15)18(27)25-20-22-10-11-29-20/h2-12H,1H3,(H,24,28)(H,22,25,27). The van der Waals surface area contributed by atoms with E-state index < -0.39 is 0 Å². The zero-order chi connectivity index (χ0) is 20.2. The van der Waals surface area contributed by atoms with Crippen LogP contribution < -0.4 is 10.6 Å². The normalized spacial score (nSPS) is 10.5. The van der Waals surface area contributed by atoms with E-state index in [1.807, 2.05) is 25.1 Å². The van der Waals surface area contributed by atoms with E-state index in [0.717, 1.165) is 0 Å². The average molecular weight is 404 g/mol. The molecule has 4 aromatic rings. The van der Waals surface area contributed by atoms with Gasteiger partial charge in [0.25, 0.3) is 11.8 Å². The molecule has 4 rings (SSSR count). The third-order valence-corrected chi connectivity index (χ3v) is 4.87. The topological polar surface area (TPSA) is 102 Å². The van der Waals surface area contributed by atoms with E-state index in [4.69, 9.17) is 0 Å². The summed E-state index contributed by atoms with van der Waals surface area (Å²) in [4.78, 5) is 33.1. The largest absolute Gasteiger partial charge is 0.322 e. The smallest absolute Gasteiger partial charge is 0.259 e. The fraction of sp³-hybridized carbons (Fsp3) is 0.0500. The Morgan fingerprint density at radius 1 is 0.966 bits per heavy atom. The lowest BCUT2D eigenvalue weighted by Gasteiger charge is -2.07. The first-order valence-corrected chi connectivity index (χ1v) is 9.58. The molecule has 2 amide bonds. The summed E-state index contributed by atoms with van der Waals surface area (Å²) in [6, 6.07) is 12.1. The number of carbonyl (C=O) groups excluding carboxylic acids is 2. The molecule has 0 aliphatic carbocycles.